The number of ether oxygens (including phenoxy) is 1. The first-order chi connectivity index (χ1) is 8.85. The highest BCUT2D eigenvalue weighted by Crippen LogP contribution is 2.30. The molecule has 0 aromatic carbocycles. The molecule has 3 heteroatoms. The molecule has 2 fully saturated rings. The van der Waals surface area contributed by atoms with Crippen LogP contribution in [-0.4, -0.2) is 50.3 Å². The van der Waals surface area contributed by atoms with Crippen LogP contribution in [0.4, 0.5) is 0 Å². The molecular formula is C15H30N2O. The molecule has 1 saturated heterocycles. The minimum atomic E-state index is 0.510. The van der Waals surface area contributed by atoms with Gasteiger partial charge in [-0.15, -0.1) is 0 Å². The van der Waals surface area contributed by atoms with Gasteiger partial charge in [0, 0.05) is 19.2 Å². The average molecular weight is 254 g/mol. The lowest BCUT2D eigenvalue weighted by Gasteiger charge is -2.44. The van der Waals surface area contributed by atoms with E-state index in [-0.39, 0.29) is 0 Å². The molecular weight excluding hydrogens is 224 g/mol. The van der Waals surface area contributed by atoms with E-state index in [4.69, 9.17) is 4.74 Å². The van der Waals surface area contributed by atoms with Crippen LogP contribution in [0.3, 0.4) is 0 Å². The summed E-state index contributed by atoms with van der Waals surface area (Å²) in [7, 11) is 3.94. The molecule has 1 N–H and O–H groups in total. The van der Waals surface area contributed by atoms with Gasteiger partial charge in [-0.3, -0.25) is 4.90 Å². The zero-order chi connectivity index (χ0) is 12.8. The van der Waals surface area contributed by atoms with E-state index in [9.17, 15) is 0 Å². The number of likely N-dealkylation sites (tertiary alicyclic amines) is 1. The summed E-state index contributed by atoms with van der Waals surface area (Å²) in [4.78, 5) is 2.81. The van der Waals surface area contributed by atoms with Gasteiger partial charge in [-0.1, -0.05) is 6.42 Å². The molecule has 1 saturated carbocycles. The molecule has 18 heavy (non-hydrogen) atoms. The maximum atomic E-state index is 5.59. The highest BCUT2D eigenvalue weighted by molar-refractivity contribution is 4.87. The summed E-state index contributed by atoms with van der Waals surface area (Å²) in [5.74, 6) is 0. The molecule has 1 heterocycles. The van der Waals surface area contributed by atoms with Crippen molar-refractivity contribution in [2.24, 2.45) is 0 Å². The molecule has 3 unspecified atom stereocenters. The molecule has 0 spiro atoms. The van der Waals surface area contributed by atoms with E-state index in [2.05, 4.69) is 17.3 Å². The highest BCUT2D eigenvalue weighted by Gasteiger charge is 2.32. The summed E-state index contributed by atoms with van der Waals surface area (Å²) < 4.78 is 5.59. The van der Waals surface area contributed by atoms with Gasteiger partial charge in [-0.25, -0.2) is 0 Å². The van der Waals surface area contributed by atoms with E-state index in [0.717, 1.165) is 18.6 Å². The fraction of sp³-hybridized carbons (Fsp3) is 1.00. The Labute approximate surface area is 112 Å². The molecule has 0 radical (unpaired) electrons. The van der Waals surface area contributed by atoms with Crippen LogP contribution in [0.15, 0.2) is 0 Å². The van der Waals surface area contributed by atoms with Crippen molar-refractivity contribution < 1.29 is 4.74 Å². The van der Waals surface area contributed by atoms with Gasteiger partial charge in [0.1, 0.15) is 0 Å². The van der Waals surface area contributed by atoms with Crippen molar-refractivity contribution in [2.45, 2.75) is 69.6 Å². The molecule has 3 atom stereocenters. The fourth-order valence-electron chi connectivity index (χ4n) is 3.76. The zero-order valence-corrected chi connectivity index (χ0v) is 12.2. The Morgan fingerprint density at radius 2 is 2.06 bits per heavy atom. The number of nitrogens with zero attached hydrogens (tertiary/aromatic N) is 1. The van der Waals surface area contributed by atoms with Gasteiger partial charge in [0.15, 0.2) is 0 Å². The van der Waals surface area contributed by atoms with Crippen molar-refractivity contribution >= 4 is 0 Å². The van der Waals surface area contributed by atoms with E-state index >= 15 is 0 Å². The molecule has 0 bridgehead atoms. The summed E-state index contributed by atoms with van der Waals surface area (Å²) >= 11 is 0. The molecule has 1 aliphatic heterocycles. The van der Waals surface area contributed by atoms with Crippen LogP contribution in [0, 0.1) is 0 Å². The number of rotatable bonds is 5. The molecule has 2 rings (SSSR count). The van der Waals surface area contributed by atoms with Crippen molar-refractivity contribution in [3.8, 4) is 0 Å². The third kappa shape index (κ3) is 3.69. The van der Waals surface area contributed by atoms with Gasteiger partial charge in [-0.2, -0.15) is 0 Å². The number of methoxy groups -OCH3 is 1. The van der Waals surface area contributed by atoms with Crippen LogP contribution in [-0.2, 0) is 4.74 Å². The van der Waals surface area contributed by atoms with Gasteiger partial charge in [0.2, 0.25) is 0 Å². The lowest BCUT2D eigenvalue weighted by Crippen LogP contribution is -2.49. The summed E-state index contributed by atoms with van der Waals surface area (Å²) in [5.41, 5.74) is 0. The van der Waals surface area contributed by atoms with Crippen LogP contribution in [0.5, 0.6) is 0 Å². The van der Waals surface area contributed by atoms with E-state index in [1.54, 1.807) is 0 Å². The standard InChI is InChI=1S/C15H30N2O/c1-16-10-9-13-6-3-4-11-17(13)14-7-5-8-15(12-14)18-2/h13-16H,3-12H2,1-2H3. The predicted molar refractivity (Wildman–Crippen MR) is 75.9 cm³/mol. The monoisotopic (exact) mass is 254 g/mol. The Morgan fingerprint density at radius 1 is 1.17 bits per heavy atom. The van der Waals surface area contributed by atoms with E-state index in [1.165, 1.54) is 57.9 Å². The lowest BCUT2D eigenvalue weighted by molar-refractivity contribution is 0.00240. The topological polar surface area (TPSA) is 24.5 Å². The maximum absolute atomic E-state index is 5.59. The molecule has 2 aliphatic rings. The van der Waals surface area contributed by atoms with Crippen LogP contribution >= 0.6 is 0 Å². The first-order valence-corrected chi connectivity index (χ1v) is 7.78. The number of nitrogens with one attached hydrogen (secondary N) is 1. The zero-order valence-electron chi connectivity index (χ0n) is 12.2. The second-order valence-corrected chi connectivity index (χ2v) is 5.96. The molecule has 0 aromatic rings. The third-order valence-corrected chi connectivity index (χ3v) is 4.80. The molecule has 0 aromatic heterocycles. The Hall–Kier alpha value is -0.120. The van der Waals surface area contributed by atoms with Gasteiger partial charge in [0.25, 0.3) is 0 Å². The highest BCUT2D eigenvalue weighted by atomic mass is 16.5. The van der Waals surface area contributed by atoms with Gasteiger partial charge in [0.05, 0.1) is 6.10 Å². The SMILES string of the molecule is CNCCC1CCCCN1C1CCCC(OC)C1. The Balaban J connectivity index is 1.90. The molecule has 1 aliphatic carbocycles. The normalized spacial score (nSPS) is 34.7. The van der Waals surface area contributed by atoms with Crippen molar-refractivity contribution in [2.75, 3.05) is 27.2 Å². The Morgan fingerprint density at radius 3 is 2.83 bits per heavy atom. The quantitative estimate of drug-likeness (QED) is 0.815. The van der Waals surface area contributed by atoms with Crippen molar-refractivity contribution in [1.82, 2.24) is 10.2 Å². The number of hydrogen-bond acceptors (Lipinski definition) is 3. The third-order valence-electron chi connectivity index (χ3n) is 4.80. The minimum Gasteiger partial charge on any atom is -0.381 e. The average Bonchev–Trinajstić information content (AvgIpc) is 2.45. The van der Waals surface area contributed by atoms with Gasteiger partial charge in [-0.05, 0) is 65.1 Å². The number of hydrogen-bond donors (Lipinski definition) is 1. The Kier molecular flexibility index (Phi) is 5.93. The van der Waals surface area contributed by atoms with Crippen molar-refractivity contribution in [3.05, 3.63) is 0 Å². The van der Waals surface area contributed by atoms with Crippen LogP contribution in [0.2, 0.25) is 0 Å². The molecule has 106 valence electrons. The second-order valence-electron chi connectivity index (χ2n) is 5.96. The summed E-state index contributed by atoms with van der Waals surface area (Å²) in [6.07, 6.45) is 11.3. The minimum absolute atomic E-state index is 0.510. The van der Waals surface area contributed by atoms with Crippen LogP contribution in [0.25, 0.3) is 0 Å². The molecule has 3 nitrogen and oxygen atoms in total. The smallest absolute Gasteiger partial charge is 0.0586 e. The van der Waals surface area contributed by atoms with Gasteiger partial charge < -0.3 is 10.1 Å². The summed E-state index contributed by atoms with van der Waals surface area (Å²) in [5, 5.41) is 3.31. The van der Waals surface area contributed by atoms with E-state index < -0.39 is 0 Å². The van der Waals surface area contributed by atoms with E-state index in [1.807, 2.05) is 7.11 Å². The summed E-state index contributed by atoms with van der Waals surface area (Å²) in [6.45, 7) is 2.47. The first-order valence-electron chi connectivity index (χ1n) is 7.78. The van der Waals surface area contributed by atoms with Crippen molar-refractivity contribution in [3.63, 3.8) is 0 Å². The number of piperidine rings is 1. The fourth-order valence-corrected chi connectivity index (χ4v) is 3.76. The van der Waals surface area contributed by atoms with E-state index in [0.29, 0.717) is 6.10 Å². The van der Waals surface area contributed by atoms with Crippen molar-refractivity contribution in [1.29, 1.82) is 0 Å². The first kappa shape index (κ1) is 14.3. The second kappa shape index (κ2) is 7.46. The van der Waals surface area contributed by atoms with Crippen LogP contribution in [0.1, 0.15) is 51.4 Å². The molecule has 0 amide bonds. The largest absolute Gasteiger partial charge is 0.381 e. The lowest BCUT2D eigenvalue weighted by atomic mass is 9.88. The van der Waals surface area contributed by atoms with Crippen LogP contribution < -0.4 is 5.32 Å². The van der Waals surface area contributed by atoms with Gasteiger partial charge >= 0.3 is 0 Å². The predicted octanol–water partition coefficient (Wildman–Crippen LogP) is 2.41. The Bertz CT molecular complexity index is 235. The summed E-state index contributed by atoms with van der Waals surface area (Å²) in [6, 6.07) is 1.60. The maximum Gasteiger partial charge on any atom is 0.0586 e.